The van der Waals surface area contributed by atoms with Gasteiger partial charge in [0, 0.05) is 0 Å². The number of ether oxygens (including phenoxy) is 5. The molecule has 13 nitrogen and oxygen atoms in total. The van der Waals surface area contributed by atoms with Crippen LogP contribution in [0.25, 0.3) is 182 Å². The first-order chi connectivity index (χ1) is 54.0. The summed E-state index contributed by atoms with van der Waals surface area (Å²) in [7, 11) is 0. The van der Waals surface area contributed by atoms with Crippen LogP contribution in [-0.4, -0.2) is 72.8 Å². The normalized spacial score (nSPS) is 11.9. The van der Waals surface area contributed by atoms with E-state index in [9.17, 15) is 0 Å². The zero-order chi connectivity index (χ0) is 72.7. The fourth-order valence-electron chi connectivity index (χ4n) is 14.6. The molecule has 0 amide bonds. The van der Waals surface area contributed by atoms with Crippen molar-refractivity contribution < 1.29 is 62.6 Å². The third-order valence-corrected chi connectivity index (χ3v) is 19.6. The summed E-state index contributed by atoms with van der Waals surface area (Å²) in [5.41, 5.74) is 28.3. The monoisotopic (exact) mass is 1540 g/mol. The molecule has 0 N–H and O–H groups in total. The van der Waals surface area contributed by atoms with E-state index in [0.717, 1.165) is 179 Å². The van der Waals surface area contributed by atoms with E-state index in [0.29, 0.717) is 64.4 Å². The largest absolute Gasteiger partial charge is 2.00 e. The summed E-state index contributed by atoms with van der Waals surface area (Å²) in [5.74, 6) is 1.43. The van der Waals surface area contributed by atoms with Crippen molar-refractivity contribution in [2.75, 3.05) is 52.9 Å². The Morgan fingerprint density at radius 2 is 0.342 bits per heavy atom. The molecule has 0 radical (unpaired) electrons. The summed E-state index contributed by atoms with van der Waals surface area (Å²) in [6, 6.07) is 95.1. The number of hydrogen-bond donors (Lipinski definition) is 0. The van der Waals surface area contributed by atoms with Crippen LogP contribution in [0.4, 0.5) is 0 Å². The summed E-state index contributed by atoms with van der Waals surface area (Å²) in [4.78, 5) is 43.3. The molecule has 0 saturated heterocycles. The number of nitrogens with zero attached hydrogens (tertiary/aromatic N) is 8. The van der Waals surface area contributed by atoms with Crippen LogP contribution in [0.2, 0.25) is 0 Å². The van der Waals surface area contributed by atoms with Gasteiger partial charge in [-0.3, -0.25) is 0 Å². The standard InChI is InChI=1S/C96H70N8O5.2Zn/c1-7-19-63(20-8-1)89-73-39-43-77(97-73)91(65-23-11-3-12-24-65)81-47-51-85(101-81)95(86-52-48-82(102-86)92(66-25-13-4-14-26-66)78-44-40-74(89)98-78)69-31-35-71(36-32-69)108-61-59-106-57-55-105-56-58-107-60-62-109-72-37-33-70(34-38-72)96-87-53-49-83(103-87)93(67-27-15-5-16-28-67)79-45-41-75(99-79)90(64-21-9-2-10-22-64)76-42-46-80(100-76)94(68-29-17-6-18-30-68)84-50-54-88(96)104-84;;/h1-54H,55-62H2;;/q-4;2*+2. The van der Waals surface area contributed by atoms with Crippen LogP contribution < -0.4 is 29.4 Å². The van der Waals surface area contributed by atoms with Gasteiger partial charge in [-0.25, -0.2) is 19.9 Å². The van der Waals surface area contributed by atoms with Crippen LogP contribution in [0.1, 0.15) is 45.6 Å². The molecule has 0 atom stereocenters. The first-order valence-corrected chi connectivity index (χ1v) is 36.7. The smallest absolute Gasteiger partial charge is 0.657 e. The van der Waals surface area contributed by atoms with Gasteiger partial charge in [-0.1, -0.05) is 255 Å². The van der Waals surface area contributed by atoms with E-state index in [1.165, 1.54) is 0 Å². The SMILES string of the molecule is C1=Cc2nc1c(-c1ccccc1)c1ccc([n-]1)c(-c1ccccc1)c1nc(c(-c3ccc(OCCOCCOCCOCCOc4ccc(-c5c6nc(c(-c7ccccc7)c7ccc([n-]7)c(-c7ccccc7)c7nc(c(-c8ccccc8)c8ccc5[n-]8)C=C7)C=C6)cc4)cc3)c3ccc([n-]3)c2-c2ccccc2)C=C1.[Zn+2].[Zn+2]. The maximum absolute atomic E-state index is 6.23. The maximum atomic E-state index is 6.23. The molecule has 6 aromatic heterocycles. The second-order valence-corrected chi connectivity index (χ2v) is 26.5. The van der Waals surface area contributed by atoms with E-state index in [1.54, 1.807) is 0 Å². The Balaban J connectivity index is 0.00000467. The van der Waals surface area contributed by atoms with Crippen molar-refractivity contribution in [3.63, 3.8) is 0 Å². The summed E-state index contributed by atoms with van der Waals surface area (Å²) in [5, 5.41) is 0. The molecule has 0 spiro atoms. The molecule has 16 bridgehead atoms. The molecule has 4 aliphatic heterocycles. The third kappa shape index (κ3) is 15.6. The molecular weight excluding hydrogens is 1480 g/mol. The Labute approximate surface area is 668 Å². The third-order valence-electron chi connectivity index (χ3n) is 19.6. The van der Waals surface area contributed by atoms with Gasteiger partial charge in [0.25, 0.3) is 0 Å². The Morgan fingerprint density at radius 3 is 0.523 bits per heavy atom. The van der Waals surface area contributed by atoms with Crippen LogP contribution in [0, 0.1) is 0 Å². The maximum Gasteiger partial charge on any atom is 2.00 e. The van der Waals surface area contributed by atoms with E-state index < -0.39 is 0 Å². The van der Waals surface area contributed by atoms with Gasteiger partial charge in [-0.2, -0.15) is 0 Å². The second kappa shape index (κ2) is 33.7. The van der Waals surface area contributed by atoms with Gasteiger partial charge in [0.2, 0.25) is 0 Å². The molecule has 15 heteroatoms. The Bertz CT molecular complexity index is 5730. The molecule has 14 aromatic rings. The zero-order valence-corrected chi connectivity index (χ0v) is 66.8. The van der Waals surface area contributed by atoms with Crippen molar-refractivity contribution >= 4 is 92.7 Å². The molecular formula is C96H70N8O5Zn2. The van der Waals surface area contributed by atoms with Crippen molar-refractivity contribution in [3.05, 3.63) is 325 Å². The Hall–Kier alpha value is -12.3. The van der Waals surface area contributed by atoms with Crippen LogP contribution in [-0.2, 0) is 53.2 Å². The Morgan fingerprint density at radius 1 is 0.180 bits per heavy atom. The minimum Gasteiger partial charge on any atom is -0.657 e. The van der Waals surface area contributed by atoms with Gasteiger partial charge in [-0.15, -0.1) is 44.1 Å². The molecule has 10 heterocycles. The quantitative estimate of drug-likeness (QED) is 0.0467. The fourth-order valence-corrected chi connectivity index (χ4v) is 14.6. The van der Waals surface area contributed by atoms with Crippen molar-refractivity contribution in [1.29, 1.82) is 0 Å². The molecule has 0 fully saturated rings. The van der Waals surface area contributed by atoms with Gasteiger partial charge in [0.05, 0.1) is 85.2 Å². The molecule has 18 rings (SSSR count). The van der Waals surface area contributed by atoms with E-state index in [2.05, 4.69) is 267 Å². The first-order valence-electron chi connectivity index (χ1n) is 36.7. The molecule has 0 unspecified atom stereocenters. The fraction of sp³-hybridized carbons (Fsp3) is 0.0833. The average Bonchev–Trinajstić information content (AvgIpc) is 1.62. The Kier molecular flexibility index (Phi) is 22.1. The number of fused-ring (bicyclic) bond motifs is 16. The predicted octanol–water partition coefficient (Wildman–Crippen LogP) is 21.0. The summed E-state index contributed by atoms with van der Waals surface area (Å²) in [6.45, 7) is 3.16. The van der Waals surface area contributed by atoms with Gasteiger partial charge in [-0.05, 0) is 162 Å². The van der Waals surface area contributed by atoms with Crippen LogP contribution in [0.15, 0.2) is 279 Å². The minimum absolute atomic E-state index is 0. The van der Waals surface area contributed by atoms with Gasteiger partial charge >= 0.3 is 39.0 Å². The van der Waals surface area contributed by atoms with E-state index in [-0.39, 0.29) is 39.0 Å². The summed E-state index contributed by atoms with van der Waals surface area (Å²) in [6.07, 6.45) is 16.7. The van der Waals surface area contributed by atoms with Crippen molar-refractivity contribution in [2.24, 2.45) is 0 Å². The molecule has 0 aliphatic carbocycles. The molecule has 528 valence electrons. The number of aromatic nitrogens is 8. The zero-order valence-electron chi connectivity index (χ0n) is 60.9. The molecule has 111 heavy (non-hydrogen) atoms. The first kappa shape index (κ1) is 72.9. The van der Waals surface area contributed by atoms with Crippen molar-refractivity contribution in [1.82, 2.24) is 39.9 Å². The van der Waals surface area contributed by atoms with E-state index in [4.69, 9.17) is 63.6 Å². The summed E-state index contributed by atoms with van der Waals surface area (Å²) < 4.78 is 30.2. The molecule has 0 saturated carbocycles. The van der Waals surface area contributed by atoms with E-state index >= 15 is 0 Å². The summed E-state index contributed by atoms with van der Waals surface area (Å²) >= 11 is 0. The average molecular weight is 1550 g/mol. The van der Waals surface area contributed by atoms with Gasteiger partial charge in [0.15, 0.2) is 0 Å². The molecule has 4 aliphatic rings. The van der Waals surface area contributed by atoms with Crippen molar-refractivity contribution in [2.45, 2.75) is 0 Å². The van der Waals surface area contributed by atoms with Crippen molar-refractivity contribution in [3.8, 4) is 101 Å². The van der Waals surface area contributed by atoms with Crippen LogP contribution in [0.3, 0.4) is 0 Å². The predicted molar refractivity (Wildman–Crippen MR) is 441 cm³/mol. The van der Waals surface area contributed by atoms with Crippen LogP contribution in [0.5, 0.6) is 11.5 Å². The second-order valence-electron chi connectivity index (χ2n) is 26.5. The minimum atomic E-state index is 0. The van der Waals surface area contributed by atoms with Gasteiger partial charge in [0.1, 0.15) is 24.7 Å². The van der Waals surface area contributed by atoms with Crippen LogP contribution >= 0.6 is 0 Å². The topological polar surface area (TPSA) is 154 Å². The molecule has 8 aromatic carbocycles. The van der Waals surface area contributed by atoms with Gasteiger partial charge < -0.3 is 43.6 Å². The number of hydrogen-bond acceptors (Lipinski definition) is 9. The number of benzene rings is 8. The number of rotatable bonds is 22. The van der Waals surface area contributed by atoms with E-state index in [1.807, 2.05) is 60.7 Å².